The quantitative estimate of drug-likeness (QED) is 0.719. The fourth-order valence-electron chi connectivity index (χ4n) is 0.897. The lowest BCUT2D eigenvalue weighted by atomic mass is 10.1. The number of rotatable bonds is 2. The van der Waals surface area contributed by atoms with Crippen molar-refractivity contribution in [1.29, 1.82) is 0 Å². The van der Waals surface area contributed by atoms with Gasteiger partial charge >= 0.3 is 0 Å². The molecule has 0 unspecified atom stereocenters. The molecule has 0 aliphatic carbocycles. The summed E-state index contributed by atoms with van der Waals surface area (Å²) < 4.78 is 0. The smallest absolute Gasteiger partial charge is 0.171 e. The average molecular weight is 172 g/mol. The molecule has 0 saturated heterocycles. The summed E-state index contributed by atoms with van der Waals surface area (Å²) in [6.07, 6.45) is 0.830. The first kappa shape index (κ1) is 8.40. The third-order valence-corrected chi connectivity index (χ3v) is 2.40. The van der Waals surface area contributed by atoms with Gasteiger partial charge in [0, 0.05) is 5.38 Å². The molecule has 1 aromatic heterocycles. The van der Waals surface area contributed by atoms with Crippen molar-refractivity contribution in [2.75, 3.05) is 0 Å². The summed E-state index contributed by atoms with van der Waals surface area (Å²) in [7, 11) is 0. The molecule has 0 atom stereocenters. The van der Waals surface area contributed by atoms with Gasteiger partial charge in [-0.15, -0.1) is 11.3 Å². The highest BCUT2D eigenvalue weighted by Gasteiger charge is 2.09. The molecule has 1 aromatic rings. The predicted molar refractivity (Wildman–Crippen MR) is 46.2 cm³/mol. The fraction of sp³-hybridized carbons (Fsp3) is 0.500. The van der Waals surface area contributed by atoms with Crippen molar-refractivity contribution >= 4 is 11.3 Å². The monoisotopic (exact) mass is 172 g/mol. The van der Waals surface area contributed by atoms with E-state index in [9.17, 15) is 5.11 Å². The summed E-state index contributed by atoms with van der Waals surface area (Å²) in [4.78, 5) is 0.873. The Hall–Kier alpha value is -0.700. The third kappa shape index (κ3) is 1.87. The molecular weight excluding hydrogens is 160 g/mol. The van der Waals surface area contributed by atoms with Crippen molar-refractivity contribution in [3.8, 4) is 11.5 Å². The van der Waals surface area contributed by atoms with Gasteiger partial charge in [0.15, 0.2) is 11.5 Å². The van der Waals surface area contributed by atoms with Crippen LogP contribution in [-0.4, -0.2) is 10.2 Å². The summed E-state index contributed by atoms with van der Waals surface area (Å²) in [5.41, 5.74) is 0. The molecule has 1 rings (SSSR count). The van der Waals surface area contributed by atoms with E-state index in [1.165, 1.54) is 11.3 Å². The van der Waals surface area contributed by atoms with Crippen molar-refractivity contribution in [1.82, 2.24) is 0 Å². The van der Waals surface area contributed by atoms with E-state index in [1.54, 1.807) is 5.38 Å². The van der Waals surface area contributed by atoms with E-state index < -0.39 is 0 Å². The fourth-order valence-corrected chi connectivity index (χ4v) is 1.91. The van der Waals surface area contributed by atoms with Crippen LogP contribution in [0.15, 0.2) is 5.38 Å². The van der Waals surface area contributed by atoms with Crippen LogP contribution in [0, 0.1) is 5.92 Å². The molecule has 0 aromatic carbocycles. The van der Waals surface area contributed by atoms with Crippen molar-refractivity contribution in [2.45, 2.75) is 20.3 Å². The lowest BCUT2D eigenvalue weighted by Crippen LogP contribution is -1.90. The zero-order valence-corrected chi connectivity index (χ0v) is 7.48. The largest absolute Gasteiger partial charge is 0.504 e. The second-order valence-corrected chi connectivity index (χ2v) is 3.95. The first-order valence-electron chi connectivity index (χ1n) is 3.59. The SMILES string of the molecule is CC(C)Cc1scc(O)c1O. The van der Waals surface area contributed by atoms with Crippen molar-refractivity contribution in [3.05, 3.63) is 10.3 Å². The lowest BCUT2D eigenvalue weighted by molar-refractivity contribution is 0.402. The van der Waals surface area contributed by atoms with Gasteiger partial charge in [-0.05, 0) is 12.3 Å². The summed E-state index contributed by atoms with van der Waals surface area (Å²) in [6, 6.07) is 0. The van der Waals surface area contributed by atoms with E-state index in [-0.39, 0.29) is 11.5 Å². The number of thiophene rings is 1. The minimum absolute atomic E-state index is 0.00523. The van der Waals surface area contributed by atoms with E-state index >= 15 is 0 Å². The molecule has 0 bridgehead atoms. The van der Waals surface area contributed by atoms with Crippen LogP contribution in [0.5, 0.6) is 11.5 Å². The summed E-state index contributed by atoms with van der Waals surface area (Å²) in [5, 5.41) is 19.8. The molecule has 0 radical (unpaired) electrons. The molecule has 3 heteroatoms. The molecule has 2 N–H and O–H groups in total. The highest BCUT2D eigenvalue weighted by Crippen LogP contribution is 2.36. The highest BCUT2D eigenvalue weighted by atomic mass is 32.1. The minimum atomic E-state index is 0.00523. The van der Waals surface area contributed by atoms with Crippen LogP contribution in [-0.2, 0) is 6.42 Å². The van der Waals surface area contributed by atoms with Gasteiger partial charge in [0.1, 0.15) is 0 Å². The van der Waals surface area contributed by atoms with E-state index in [0.29, 0.717) is 5.92 Å². The normalized spacial score (nSPS) is 10.8. The van der Waals surface area contributed by atoms with Gasteiger partial charge in [-0.2, -0.15) is 0 Å². The van der Waals surface area contributed by atoms with E-state index in [0.717, 1.165) is 11.3 Å². The molecule has 0 fully saturated rings. The molecule has 0 amide bonds. The Kier molecular flexibility index (Phi) is 2.39. The zero-order valence-electron chi connectivity index (χ0n) is 6.66. The molecule has 0 spiro atoms. The summed E-state index contributed by atoms with van der Waals surface area (Å²) in [6.45, 7) is 4.16. The maximum absolute atomic E-state index is 9.25. The molecule has 0 saturated carbocycles. The second-order valence-electron chi connectivity index (χ2n) is 2.99. The van der Waals surface area contributed by atoms with Gasteiger partial charge in [0.05, 0.1) is 4.88 Å². The Morgan fingerprint density at radius 3 is 2.45 bits per heavy atom. The Morgan fingerprint density at radius 1 is 1.45 bits per heavy atom. The van der Waals surface area contributed by atoms with E-state index in [1.807, 2.05) is 0 Å². The lowest BCUT2D eigenvalue weighted by Gasteiger charge is -2.01. The van der Waals surface area contributed by atoms with E-state index in [2.05, 4.69) is 13.8 Å². The zero-order chi connectivity index (χ0) is 8.43. The maximum atomic E-state index is 9.25. The van der Waals surface area contributed by atoms with Crippen LogP contribution in [0.3, 0.4) is 0 Å². The number of hydrogen-bond donors (Lipinski definition) is 2. The van der Waals surface area contributed by atoms with Gasteiger partial charge in [-0.25, -0.2) is 0 Å². The van der Waals surface area contributed by atoms with Crippen LogP contribution >= 0.6 is 11.3 Å². The topological polar surface area (TPSA) is 40.5 Å². The Labute approximate surface area is 70.1 Å². The highest BCUT2D eigenvalue weighted by molar-refractivity contribution is 7.10. The summed E-state index contributed by atoms with van der Waals surface area (Å²) >= 11 is 1.40. The van der Waals surface area contributed by atoms with Crippen LogP contribution < -0.4 is 0 Å². The van der Waals surface area contributed by atoms with Crippen LogP contribution in [0.1, 0.15) is 18.7 Å². The van der Waals surface area contributed by atoms with E-state index in [4.69, 9.17) is 5.11 Å². The second kappa shape index (κ2) is 3.13. The number of aromatic hydroxyl groups is 2. The molecular formula is C8H12O2S. The Morgan fingerprint density at radius 2 is 2.09 bits per heavy atom. The predicted octanol–water partition coefficient (Wildman–Crippen LogP) is 2.36. The van der Waals surface area contributed by atoms with Crippen LogP contribution in [0.25, 0.3) is 0 Å². The number of hydrogen-bond acceptors (Lipinski definition) is 3. The van der Waals surface area contributed by atoms with Gasteiger partial charge < -0.3 is 10.2 Å². The first-order valence-corrected chi connectivity index (χ1v) is 4.47. The standard InChI is InChI=1S/C8H12O2S/c1-5(2)3-7-8(10)6(9)4-11-7/h4-5,9-10H,3H2,1-2H3. The van der Waals surface area contributed by atoms with Crippen LogP contribution in [0.2, 0.25) is 0 Å². The molecule has 0 aliphatic rings. The third-order valence-electron chi connectivity index (χ3n) is 1.41. The molecule has 11 heavy (non-hydrogen) atoms. The minimum Gasteiger partial charge on any atom is -0.504 e. The average Bonchev–Trinajstić information content (AvgIpc) is 2.18. The van der Waals surface area contributed by atoms with Gasteiger partial charge in [-0.1, -0.05) is 13.8 Å². The molecule has 2 nitrogen and oxygen atoms in total. The molecule has 62 valence electrons. The maximum Gasteiger partial charge on any atom is 0.171 e. The van der Waals surface area contributed by atoms with Gasteiger partial charge in [-0.3, -0.25) is 0 Å². The van der Waals surface area contributed by atoms with Crippen LogP contribution in [0.4, 0.5) is 0 Å². The van der Waals surface area contributed by atoms with Gasteiger partial charge in [0.25, 0.3) is 0 Å². The Bertz CT molecular complexity index is 240. The Balaban J connectivity index is 2.79. The van der Waals surface area contributed by atoms with Crippen molar-refractivity contribution < 1.29 is 10.2 Å². The molecule has 0 aliphatic heterocycles. The van der Waals surface area contributed by atoms with Gasteiger partial charge in [0.2, 0.25) is 0 Å². The van der Waals surface area contributed by atoms with Crippen molar-refractivity contribution in [3.63, 3.8) is 0 Å². The molecule has 1 heterocycles. The van der Waals surface area contributed by atoms with Crippen molar-refractivity contribution in [2.24, 2.45) is 5.92 Å². The first-order chi connectivity index (χ1) is 5.11. The summed E-state index contributed by atoms with van der Waals surface area (Å²) in [5.74, 6) is 0.577.